The van der Waals surface area contributed by atoms with Crippen LogP contribution in [0, 0.1) is 12.8 Å². The predicted octanol–water partition coefficient (Wildman–Crippen LogP) is 4.59. The Morgan fingerprint density at radius 3 is 2.86 bits per heavy atom. The minimum Gasteiger partial charge on any atom is -0.441 e. The zero-order valence-electron chi connectivity index (χ0n) is 12.9. The maximum Gasteiger partial charge on any atom is 0.194 e. The van der Waals surface area contributed by atoms with Gasteiger partial charge in [0.05, 0.1) is 6.20 Å². The summed E-state index contributed by atoms with van der Waals surface area (Å²) in [5.74, 6) is 2.33. The Morgan fingerprint density at radius 1 is 1.33 bits per heavy atom. The third-order valence-electron chi connectivity index (χ3n) is 3.24. The molecule has 0 unspecified atom stereocenters. The second-order valence-corrected chi connectivity index (χ2v) is 6.66. The van der Waals surface area contributed by atoms with Crippen LogP contribution < -0.4 is 5.32 Å². The number of aromatic nitrogens is 1. The van der Waals surface area contributed by atoms with Crippen LogP contribution in [0.2, 0.25) is 0 Å². The Balaban J connectivity index is 1.89. The van der Waals surface area contributed by atoms with Crippen LogP contribution in [-0.4, -0.2) is 18.1 Å². The summed E-state index contributed by atoms with van der Waals surface area (Å²) in [6.07, 6.45) is 3.72. The zero-order chi connectivity index (χ0) is 15.2. The molecule has 0 aliphatic rings. The molecule has 0 fully saturated rings. The molecule has 1 aromatic heterocycles. The van der Waals surface area contributed by atoms with E-state index < -0.39 is 0 Å². The predicted molar refractivity (Wildman–Crippen MR) is 90.4 cm³/mol. The molecule has 0 amide bonds. The maximum absolute atomic E-state index is 5.85. The van der Waals surface area contributed by atoms with Crippen molar-refractivity contribution in [1.29, 1.82) is 0 Å². The highest BCUT2D eigenvalue weighted by Gasteiger charge is 2.09. The molecule has 3 nitrogen and oxygen atoms in total. The lowest BCUT2D eigenvalue weighted by atomic mass is 10.1. The average molecular weight is 351 g/mol. The molecular formula is C17H23BrN2O. The van der Waals surface area contributed by atoms with Gasteiger partial charge in [-0.15, -0.1) is 0 Å². The number of nitrogens with zero attached hydrogens (tertiary/aromatic N) is 1. The van der Waals surface area contributed by atoms with Crippen molar-refractivity contribution in [3.05, 3.63) is 40.3 Å². The average Bonchev–Trinajstić information content (AvgIpc) is 2.86. The van der Waals surface area contributed by atoms with Gasteiger partial charge in [0, 0.05) is 16.5 Å². The molecular weight excluding hydrogens is 328 g/mol. The molecule has 1 aromatic carbocycles. The summed E-state index contributed by atoms with van der Waals surface area (Å²) in [7, 11) is 0. The number of halogens is 1. The third kappa shape index (κ3) is 4.97. The topological polar surface area (TPSA) is 38.1 Å². The van der Waals surface area contributed by atoms with Crippen molar-refractivity contribution in [2.24, 2.45) is 5.92 Å². The van der Waals surface area contributed by atoms with Gasteiger partial charge >= 0.3 is 0 Å². The van der Waals surface area contributed by atoms with Gasteiger partial charge in [-0.25, -0.2) is 4.98 Å². The van der Waals surface area contributed by atoms with Gasteiger partial charge in [-0.1, -0.05) is 35.8 Å². The van der Waals surface area contributed by atoms with Crippen LogP contribution in [0.4, 0.5) is 0 Å². The first-order valence-corrected chi connectivity index (χ1v) is 8.27. The molecule has 0 atom stereocenters. The summed E-state index contributed by atoms with van der Waals surface area (Å²) >= 11 is 3.58. The van der Waals surface area contributed by atoms with E-state index in [-0.39, 0.29) is 0 Å². The molecule has 0 radical (unpaired) electrons. The van der Waals surface area contributed by atoms with Crippen LogP contribution in [0.15, 0.2) is 33.3 Å². The molecule has 0 spiro atoms. The summed E-state index contributed by atoms with van der Waals surface area (Å²) in [6, 6.07) is 6.24. The van der Waals surface area contributed by atoms with E-state index >= 15 is 0 Å². The molecule has 1 heterocycles. The van der Waals surface area contributed by atoms with Crippen molar-refractivity contribution in [2.75, 3.05) is 13.1 Å². The van der Waals surface area contributed by atoms with Gasteiger partial charge in [-0.05, 0) is 50.0 Å². The highest BCUT2D eigenvalue weighted by Crippen LogP contribution is 2.29. The monoisotopic (exact) mass is 350 g/mol. The van der Waals surface area contributed by atoms with Crippen molar-refractivity contribution in [3.63, 3.8) is 0 Å². The second-order valence-electron chi connectivity index (χ2n) is 5.80. The molecule has 0 aliphatic heterocycles. The van der Waals surface area contributed by atoms with E-state index in [4.69, 9.17) is 4.42 Å². The van der Waals surface area contributed by atoms with Crippen molar-refractivity contribution < 1.29 is 4.42 Å². The molecule has 114 valence electrons. The highest BCUT2D eigenvalue weighted by molar-refractivity contribution is 9.10. The number of benzene rings is 1. The van der Waals surface area contributed by atoms with Crippen molar-refractivity contribution in [3.8, 4) is 11.3 Å². The molecule has 4 heteroatoms. The summed E-state index contributed by atoms with van der Waals surface area (Å²) in [6.45, 7) is 8.57. The van der Waals surface area contributed by atoms with Gasteiger partial charge in [0.1, 0.15) is 0 Å². The van der Waals surface area contributed by atoms with Gasteiger partial charge in [-0.3, -0.25) is 0 Å². The van der Waals surface area contributed by atoms with Gasteiger partial charge in [-0.2, -0.15) is 0 Å². The summed E-state index contributed by atoms with van der Waals surface area (Å²) in [5, 5.41) is 3.43. The van der Waals surface area contributed by atoms with E-state index in [0.29, 0.717) is 5.92 Å². The fourth-order valence-corrected chi connectivity index (χ4v) is 2.81. The van der Waals surface area contributed by atoms with E-state index in [2.05, 4.69) is 65.2 Å². The van der Waals surface area contributed by atoms with E-state index in [0.717, 1.165) is 47.6 Å². The Bertz CT molecular complexity index is 578. The SMILES string of the molecule is Cc1ccc(-c2cnc(CCCNCC(C)C)o2)c(Br)c1. The molecule has 0 bridgehead atoms. The minimum atomic E-state index is 0.692. The number of aryl methyl sites for hydroxylation is 2. The van der Waals surface area contributed by atoms with Gasteiger partial charge in [0.25, 0.3) is 0 Å². The highest BCUT2D eigenvalue weighted by atomic mass is 79.9. The van der Waals surface area contributed by atoms with Gasteiger partial charge < -0.3 is 9.73 Å². The molecule has 0 saturated heterocycles. The molecule has 0 saturated carbocycles. The Kier molecular flexibility index (Phi) is 6.00. The first kappa shape index (κ1) is 16.2. The number of hydrogen-bond acceptors (Lipinski definition) is 3. The van der Waals surface area contributed by atoms with Gasteiger partial charge in [0.15, 0.2) is 11.7 Å². The van der Waals surface area contributed by atoms with Gasteiger partial charge in [0.2, 0.25) is 0 Å². The number of nitrogens with one attached hydrogen (secondary N) is 1. The number of hydrogen-bond donors (Lipinski definition) is 1. The first-order chi connectivity index (χ1) is 10.1. The van der Waals surface area contributed by atoms with Crippen LogP contribution >= 0.6 is 15.9 Å². The molecule has 1 N–H and O–H groups in total. The molecule has 2 aromatic rings. The Labute approximate surface area is 135 Å². The fraction of sp³-hybridized carbons (Fsp3) is 0.471. The molecule has 21 heavy (non-hydrogen) atoms. The second kappa shape index (κ2) is 7.76. The molecule has 0 aliphatic carbocycles. The quantitative estimate of drug-likeness (QED) is 0.742. The van der Waals surface area contributed by atoms with E-state index in [9.17, 15) is 0 Å². The van der Waals surface area contributed by atoms with Crippen molar-refractivity contribution in [1.82, 2.24) is 10.3 Å². The fourth-order valence-electron chi connectivity index (χ4n) is 2.13. The van der Waals surface area contributed by atoms with E-state index in [1.807, 2.05) is 6.20 Å². The first-order valence-electron chi connectivity index (χ1n) is 7.48. The smallest absolute Gasteiger partial charge is 0.194 e. The largest absolute Gasteiger partial charge is 0.441 e. The van der Waals surface area contributed by atoms with Crippen LogP contribution in [0.1, 0.15) is 31.7 Å². The Morgan fingerprint density at radius 2 is 2.14 bits per heavy atom. The molecule has 2 rings (SSSR count). The normalized spacial score (nSPS) is 11.3. The third-order valence-corrected chi connectivity index (χ3v) is 3.90. The van der Waals surface area contributed by atoms with Crippen LogP contribution in [0.3, 0.4) is 0 Å². The minimum absolute atomic E-state index is 0.692. The summed E-state index contributed by atoms with van der Waals surface area (Å²) < 4.78 is 6.89. The van der Waals surface area contributed by atoms with Crippen LogP contribution in [-0.2, 0) is 6.42 Å². The lowest BCUT2D eigenvalue weighted by molar-refractivity contribution is 0.483. The van der Waals surface area contributed by atoms with Crippen molar-refractivity contribution in [2.45, 2.75) is 33.6 Å². The Hall–Kier alpha value is -1.13. The van der Waals surface area contributed by atoms with E-state index in [1.165, 1.54) is 5.56 Å². The van der Waals surface area contributed by atoms with Crippen LogP contribution in [0.5, 0.6) is 0 Å². The lowest BCUT2D eigenvalue weighted by Gasteiger charge is -2.05. The lowest BCUT2D eigenvalue weighted by Crippen LogP contribution is -2.21. The van der Waals surface area contributed by atoms with E-state index in [1.54, 1.807) is 0 Å². The van der Waals surface area contributed by atoms with Crippen LogP contribution in [0.25, 0.3) is 11.3 Å². The maximum atomic E-state index is 5.85. The zero-order valence-corrected chi connectivity index (χ0v) is 14.5. The summed E-state index contributed by atoms with van der Waals surface area (Å²) in [5.41, 5.74) is 2.28. The number of rotatable bonds is 7. The standard InChI is InChI=1S/C17H23BrN2O/c1-12(2)10-19-8-4-5-17-20-11-16(21-17)14-7-6-13(3)9-15(14)18/h6-7,9,11-12,19H,4-5,8,10H2,1-3H3. The van der Waals surface area contributed by atoms with Crippen molar-refractivity contribution >= 4 is 15.9 Å². The number of oxazole rings is 1. The summed E-state index contributed by atoms with van der Waals surface area (Å²) in [4.78, 5) is 4.37.